The van der Waals surface area contributed by atoms with Crippen LogP contribution in [0.15, 0.2) is 82.5 Å². The number of nitrogens with zero attached hydrogens (tertiary/aromatic N) is 1. The molecule has 2 N–H and O–H groups in total. The first-order valence-corrected chi connectivity index (χ1v) is 9.82. The Labute approximate surface area is 189 Å². The Morgan fingerprint density at radius 1 is 1.03 bits per heavy atom. The summed E-state index contributed by atoms with van der Waals surface area (Å²) < 4.78 is 15.4. The lowest BCUT2D eigenvalue weighted by Gasteiger charge is -2.08. The molecule has 0 aliphatic rings. The van der Waals surface area contributed by atoms with E-state index in [0.717, 1.165) is 0 Å². The molecule has 3 aromatic rings. The summed E-state index contributed by atoms with van der Waals surface area (Å²) in [6, 6.07) is 16.6. The molecule has 2 aromatic carbocycles. The van der Waals surface area contributed by atoms with Crippen molar-refractivity contribution in [3.63, 3.8) is 0 Å². The minimum atomic E-state index is -0.546. The average molecular weight is 447 g/mol. The molecule has 3 rings (SSSR count). The number of esters is 1. The predicted octanol–water partition coefficient (Wildman–Crippen LogP) is 2.79. The number of amides is 2. The summed E-state index contributed by atoms with van der Waals surface area (Å²) in [6.45, 7) is -0.255. The second-order valence-corrected chi connectivity index (χ2v) is 6.52. The van der Waals surface area contributed by atoms with Gasteiger partial charge in [0.05, 0.1) is 31.7 Å². The standard InChI is InChI=1S/C24H21N3O6/c1-31-21-7-3-2-6-20(21)24(30)25-16-22(28)27-26-15-17-8-10-19(11-9-17)33-23(29)13-12-18-5-4-14-32-18/h2-15H,16H2,1H3,(H,25,30)(H,27,28). The zero-order valence-electron chi connectivity index (χ0n) is 17.7. The Bertz CT molecular complexity index is 1150. The van der Waals surface area contributed by atoms with Gasteiger partial charge in [-0.3, -0.25) is 9.59 Å². The maximum Gasteiger partial charge on any atom is 0.336 e. The molecule has 0 radical (unpaired) electrons. The van der Waals surface area contributed by atoms with Crippen molar-refractivity contribution < 1.29 is 28.3 Å². The lowest BCUT2D eigenvalue weighted by atomic mass is 10.2. The predicted molar refractivity (Wildman–Crippen MR) is 121 cm³/mol. The van der Waals surface area contributed by atoms with Gasteiger partial charge >= 0.3 is 5.97 Å². The number of carbonyl (C=O) groups excluding carboxylic acids is 3. The van der Waals surface area contributed by atoms with Gasteiger partial charge in [0, 0.05) is 6.08 Å². The first-order chi connectivity index (χ1) is 16.0. The number of carbonyl (C=O) groups is 3. The van der Waals surface area contributed by atoms with E-state index in [9.17, 15) is 14.4 Å². The maximum absolute atomic E-state index is 12.2. The molecular formula is C24H21N3O6. The van der Waals surface area contributed by atoms with Gasteiger partial charge in [0.1, 0.15) is 17.3 Å². The van der Waals surface area contributed by atoms with Crippen molar-refractivity contribution in [3.8, 4) is 11.5 Å². The van der Waals surface area contributed by atoms with E-state index in [1.54, 1.807) is 60.7 Å². The van der Waals surface area contributed by atoms with Crippen molar-refractivity contribution >= 4 is 30.1 Å². The molecule has 0 fully saturated rings. The van der Waals surface area contributed by atoms with Crippen LogP contribution >= 0.6 is 0 Å². The molecule has 168 valence electrons. The molecule has 0 unspecified atom stereocenters. The number of benzene rings is 2. The van der Waals surface area contributed by atoms with Crippen LogP contribution in [0.4, 0.5) is 0 Å². The van der Waals surface area contributed by atoms with Crippen LogP contribution in [0.25, 0.3) is 6.08 Å². The van der Waals surface area contributed by atoms with Gasteiger partial charge in [-0.15, -0.1) is 0 Å². The molecule has 0 spiro atoms. The van der Waals surface area contributed by atoms with Crippen LogP contribution in [0.3, 0.4) is 0 Å². The Morgan fingerprint density at radius 2 is 1.82 bits per heavy atom. The molecule has 0 atom stereocenters. The Morgan fingerprint density at radius 3 is 2.55 bits per heavy atom. The average Bonchev–Trinajstić information content (AvgIpc) is 3.36. The van der Waals surface area contributed by atoms with E-state index in [0.29, 0.717) is 28.4 Å². The van der Waals surface area contributed by atoms with Crippen molar-refractivity contribution in [3.05, 3.63) is 89.9 Å². The molecule has 0 saturated heterocycles. The van der Waals surface area contributed by atoms with Gasteiger partial charge in [0.2, 0.25) is 0 Å². The molecule has 2 amide bonds. The summed E-state index contributed by atoms with van der Waals surface area (Å²) in [4.78, 5) is 35.9. The molecule has 1 heterocycles. The molecular weight excluding hydrogens is 426 g/mol. The second-order valence-electron chi connectivity index (χ2n) is 6.52. The van der Waals surface area contributed by atoms with Gasteiger partial charge in [0.15, 0.2) is 0 Å². The zero-order valence-corrected chi connectivity index (χ0v) is 17.7. The van der Waals surface area contributed by atoms with Crippen LogP contribution in [0.2, 0.25) is 0 Å². The normalized spacial score (nSPS) is 10.8. The van der Waals surface area contributed by atoms with E-state index >= 15 is 0 Å². The van der Waals surface area contributed by atoms with Crippen molar-refractivity contribution in [2.75, 3.05) is 13.7 Å². The number of ether oxygens (including phenoxy) is 2. The second kappa shape index (κ2) is 11.7. The zero-order chi connectivity index (χ0) is 23.5. The number of para-hydroxylation sites is 1. The van der Waals surface area contributed by atoms with E-state index in [1.807, 2.05) is 0 Å². The van der Waals surface area contributed by atoms with Gasteiger partial charge in [0.25, 0.3) is 11.8 Å². The summed E-state index contributed by atoms with van der Waals surface area (Å²) in [5.41, 5.74) is 3.32. The van der Waals surface area contributed by atoms with Gasteiger partial charge in [-0.05, 0) is 60.2 Å². The van der Waals surface area contributed by atoms with Crippen LogP contribution in [-0.4, -0.2) is 37.7 Å². The van der Waals surface area contributed by atoms with Gasteiger partial charge in [-0.1, -0.05) is 12.1 Å². The Hall–Kier alpha value is -4.66. The van der Waals surface area contributed by atoms with Crippen LogP contribution < -0.4 is 20.2 Å². The van der Waals surface area contributed by atoms with Gasteiger partial charge in [-0.2, -0.15) is 5.10 Å². The van der Waals surface area contributed by atoms with E-state index in [2.05, 4.69) is 15.8 Å². The number of hydrazone groups is 1. The quantitative estimate of drug-likeness (QED) is 0.171. The largest absolute Gasteiger partial charge is 0.496 e. The topological polar surface area (TPSA) is 119 Å². The monoisotopic (exact) mass is 447 g/mol. The number of hydrogen-bond acceptors (Lipinski definition) is 7. The van der Waals surface area contributed by atoms with E-state index in [4.69, 9.17) is 13.9 Å². The van der Waals surface area contributed by atoms with Crippen molar-refractivity contribution in [2.24, 2.45) is 5.10 Å². The lowest BCUT2D eigenvalue weighted by Crippen LogP contribution is -2.35. The SMILES string of the molecule is COc1ccccc1C(=O)NCC(=O)NN=Cc1ccc(OC(=O)C=Cc2ccco2)cc1. The van der Waals surface area contributed by atoms with Crippen molar-refractivity contribution in [1.82, 2.24) is 10.7 Å². The summed E-state index contributed by atoms with van der Waals surface area (Å²) in [5, 5.41) is 6.35. The third-order valence-corrected chi connectivity index (χ3v) is 4.19. The molecule has 0 aliphatic carbocycles. The smallest absolute Gasteiger partial charge is 0.336 e. The molecule has 9 heteroatoms. The summed E-state index contributed by atoms with van der Waals surface area (Å²) in [7, 11) is 1.46. The minimum Gasteiger partial charge on any atom is -0.496 e. The fourth-order valence-electron chi connectivity index (χ4n) is 2.61. The minimum absolute atomic E-state index is 0.255. The van der Waals surface area contributed by atoms with E-state index in [1.165, 1.54) is 31.7 Å². The van der Waals surface area contributed by atoms with Gasteiger partial charge in [-0.25, -0.2) is 10.2 Å². The third-order valence-electron chi connectivity index (χ3n) is 4.19. The summed E-state index contributed by atoms with van der Waals surface area (Å²) in [6.07, 6.45) is 5.69. The highest BCUT2D eigenvalue weighted by molar-refractivity contribution is 5.98. The maximum atomic E-state index is 12.2. The molecule has 33 heavy (non-hydrogen) atoms. The first-order valence-electron chi connectivity index (χ1n) is 9.82. The first kappa shape index (κ1) is 23.0. The Balaban J connectivity index is 1.42. The molecule has 0 saturated carbocycles. The number of furan rings is 1. The summed E-state index contributed by atoms with van der Waals surface area (Å²) >= 11 is 0. The van der Waals surface area contributed by atoms with Crippen LogP contribution in [-0.2, 0) is 9.59 Å². The fourth-order valence-corrected chi connectivity index (χ4v) is 2.61. The van der Waals surface area contributed by atoms with Crippen molar-refractivity contribution in [2.45, 2.75) is 0 Å². The summed E-state index contributed by atoms with van der Waals surface area (Å²) in [5.74, 6) is -0.172. The number of rotatable bonds is 9. The fraction of sp³-hybridized carbons (Fsp3) is 0.0833. The number of hydrogen-bond donors (Lipinski definition) is 2. The van der Waals surface area contributed by atoms with Crippen LogP contribution in [0, 0.1) is 0 Å². The molecule has 0 bridgehead atoms. The van der Waals surface area contributed by atoms with Crippen molar-refractivity contribution in [1.29, 1.82) is 0 Å². The highest BCUT2D eigenvalue weighted by Gasteiger charge is 2.12. The number of nitrogens with one attached hydrogen (secondary N) is 2. The third kappa shape index (κ3) is 7.21. The molecule has 0 aliphatic heterocycles. The van der Waals surface area contributed by atoms with Gasteiger partial charge < -0.3 is 19.2 Å². The molecule has 9 nitrogen and oxygen atoms in total. The van der Waals surface area contributed by atoms with E-state index < -0.39 is 17.8 Å². The van der Waals surface area contributed by atoms with Crippen LogP contribution in [0.1, 0.15) is 21.7 Å². The highest BCUT2D eigenvalue weighted by atomic mass is 16.5. The molecule has 1 aromatic heterocycles. The Kier molecular flexibility index (Phi) is 8.13. The lowest BCUT2D eigenvalue weighted by molar-refractivity contribution is -0.129. The number of methoxy groups -OCH3 is 1. The van der Waals surface area contributed by atoms with Crippen LogP contribution in [0.5, 0.6) is 11.5 Å². The highest BCUT2D eigenvalue weighted by Crippen LogP contribution is 2.16. The van der Waals surface area contributed by atoms with E-state index in [-0.39, 0.29) is 6.54 Å².